The second-order valence-corrected chi connectivity index (χ2v) is 10.3. The SMILES string of the molecule is CCCCCC(C(=O)NCNC(=O)c1ccc(-c2cc(OCC(=O)O)cc(C(=O)NC(CC(=O)O)C(=O)O)c2)o1)C(CC)N(O)C=O. The van der Waals surface area contributed by atoms with Gasteiger partial charge in [0.25, 0.3) is 11.8 Å². The fourth-order valence-electron chi connectivity index (χ4n) is 4.61. The third-order valence-electron chi connectivity index (χ3n) is 6.93. The first kappa shape index (κ1) is 37.7. The van der Waals surface area contributed by atoms with Crippen LogP contribution in [0.25, 0.3) is 11.3 Å². The quantitative estimate of drug-likeness (QED) is 0.0330. The zero-order valence-corrected chi connectivity index (χ0v) is 25.8. The van der Waals surface area contributed by atoms with E-state index in [1.165, 1.54) is 24.3 Å². The first-order valence-corrected chi connectivity index (χ1v) is 14.6. The zero-order valence-electron chi connectivity index (χ0n) is 25.8. The number of ether oxygens (including phenoxy) is 1. The maximum absolute atomic E-state index is 13.0. The van der Waals surface area contributed by atoms with Gasteiger partial charge in [-0.2, -0.15) is 0 Å². The number of aliphatic carboxylic acids is 3. The minimum Gasteiger partial charge on any atom is -0.482 e. The molecule has 1 aromatic carbocycles. The third-order valence-corrected chi connectivity index (χ3v) is 6.93. The van der Waals surface area contributed by atoms with Crippen molar-refractivity contribution in [2.75, 3.05) is 13.3 Å². The molecular weight excluding hydrogens is 624 g/mol. The summed E-state index contributed by atoms with van der Waals surface area (Å²) in [5.74, 6) is -7.65. The Bertz CT molecular complexity index is 1440. The summed E-state index contributed by atoms with van der Waals surface area (Å²) in [6.45, 7) is 2.61. The van der Waals surface area contributed by atoms with E-state index >= 15 is 0 Å². The second kappa shape index (κ2) is 18.5. The number of carbonyl (C=O) groups excluding carboxylic acids is 4. The number of nitrogens with one attached hydrogen (secondary N) is 3. The Morgan fingerprint density at radius 3 is 2.28 bits per heavy atom. The zero-order chi connectivity index (χ0) is 35.1. The first-order valence-electron chi connectivity index (χ1n) is 14.6. The monoisotopic (exact) mass is 662 g/mol. The van der Waals surface area contributed by atoms with Gasteiger partial charge in [0, 0.05) is 11.1 Å². The number of rotatable bonds is 21. The van der Waals surface area contributed by atoms with Crippen molar-refractivity contribution in [2.24, 2.45) is 5.92 Å². The summed E-state index contributed by atoms with van der Waals surface area (Å²) in [7, 11) is 0. The molecule has 0 bridgehead atoms. The van der Waals surface area contributed by atoms with E-state index in [0.29, 0.717) is 24.3 Å². The Kier molecular flexibility index (Phi) is 14.9. The van der Waals surface area contributed by atoms with Gasteiger partial charge in [0.05, 0.1) is 25.0 Å². The first-order chi connectivity index (χ1) is 22.3. The molecule has 0 radical (unpaired) electrons. The van der Waals surface area contributed by atoms with Gasteiger partial charge in [-0.3, -0.25) is 29.2 Å². The maximum Gasteiger partial charge on any atom is 0.341 e. The van der Waals surface area contributed by atoms with Gasteiger partial charge in [0.2, 0.25) is 12.3 Å². The van der Waals surface area contributed by atoms with E-state index < -0.39 is 66.7 Å². The molecule has 4 amide bonds. The molecular formula is C30H38N4O13. The molecule has 256 valence electrons. The van der Waals surface area contributed by atoms with Crippen molar-refractivity contribution in [3.8, 4) is 17.1 Å². The molecule has 3 unspecified atom stereocenters. The average molecular weight is 663 g/mol. The summed E-state index contributed by atoms with van der Waals surface area (Å²) >= 11 is 0. The van der Waals surface area contributed by atoms with Crippen LogP contribution in [0.1, 0.15) is 73.3 Å². The maximum atomic E-state index is 13.0. The van der Waals surface area contributed by atoms with Crippen LogP contribution in [0.3, 0.4) is 0 Å². The summed E-state index contributed by atoms with van der Waals surface area (Å²) in [6, 6.07) is 3.78. The highest BCUT2D eigenvalue weighted by atomic mass is 16.5. The Labute approximate surface area is 268 Å². The summed E-state index contributed by atoms with van der Waals surface area (Å²) in [5, 5.41) is 44.8. The van der Waals surface area contributed by atoms with Gasteiger partial charge in [-0.15, -0.1) is 0 Å². The van der Waals surface area contributed by atoms with Crippen molar-refractivity contribution >= 4 is 42.0 Å². The Morgan fingerprint density at radius 1 is 0.957 bits per heavy atom. The molecule has 0 aliphatic heterocycles. The molecule has 1 aromatic heterocycles. The minimum absolute atomic E-state index is 0.0213. The molecule has 0 aliphatic carbocycles. The molecule has 2 rings (SSSR count). The molecule has 0 spiro atoms. The lowest BCUT2D eigenvalue weighted by molar-refractivity contribution is -0.168. The fourth-order valence-corrected chi connectivity index (χ4v) is 4.61. The number of carboxylic acid groups (broad SMARTS) is 3. The standard InChI is InChI=1S/C30H38N4O13/c1-3-5-6-7-20(22(4-2)34(45)16-35)28(41)31-15-32-29(42)24-9-8-23(47-24)17-10-18(12-19(11-17)46-14-26(38)39)27(40)33-21(30(43)44)13-25(36)37/h8-12,16,20-22,45H,3-7,13-15H2,1-2H3,(H,31,41)(H,32,42)(H,33,40)(H,36,37)(H,38,39)(H,43,44). The Morgan fingerprint density at radius 2 is 1.68 bits per heavy atom. The lowest BCUT2D eigenvalue weighted by Crippen LogP contribution is -2.47. The average Bonchev–Trinajstić information content (AvgIpc) is 3.53. The van der Waals surface area contributed by atoms with Crippen molar-refractivity contribution < 1.29 is 63.2 Å². The van der Waals surface area contributed by atoms with Gasteiger partial charge in [-0.05, 0) is 43.2 Å². The van der Waals surface area contributed by atoms with E-state index in [1.54, 1.807) is 6.92 Å². The molecule has 17 heteroatoms. The summed E-state index contributed by atoms with van der Waals surface area (Å²) in [6.07, 6.45) is 2.48. The van der Waals surface area contributed by atoms with E-state index in [-0.39, 0.29) is 41.5 Å². The van der Waals surface area contributed by atoms with Crippen LogP contribution in [-0.2, 0) is 24.0 Å². The normalized spacial score (nSPS) is 12.6. The largest absolute Gasteiger partial charge is 0.482 e. The highest BCUT2D eigenvalue weighted by Gasteiger charge is 2.31. The number of hydroxylamine groups is 2. The van der Waals surface area contributed by atoms with Gasteiger partial charge in [-0.1, -0.05) is 33.1 Å². The highest BCUT2D eigenvalue weighted by Crippen LogP contribution is 2.28. The van der Waals surface area contributed by atoms with Gasteiger partial charge in [0.1, 0.15) is 17.6 Å². The van der Waals surface area contributed by atoms with Crippen LogP contribution in [0.4, 0.5) is 0 Å². The van der Waals surface area contributed by atoms with Crippen LogP contribution in [0.5, 0.6) is 5.75 Å². The smallest absolute Gasteiger partial charge is 0.341 e. The van der Waals surface area contributed by atoms with Crippen molar-refractivity contribution in [3.05, 3.63) is 41.7 Å². The van der Waals surface area contributed by atoms with Crippen LogP contribution in [0, 0.1) is 5.92 Å². The predicted molar refractivity (Wildman–Crippen MR) is 160 cm³/mol. The molecule has 0 fully saturated rings. The van der Waals surface area contributed by atoms with Crippen LogP contribution < -0.4 is 20.7 Å². The van der Waals surface area contributed by atoms with Crippen molar-refractivity contribution in [2.45, 2.75) is 64.5 Å². The minimum atomic E-state index is -1.77. The second-order valence-electron chi connectivity index (χ2n) is 10.3. The number of nitrogens with zero attached hydrogens (tertiary/aromatic N) is 1. The van der Waals surface area contributed by atoms with E-state index in [2.05, 4.69) is 16.0 Å². The highest BCUT2D eigenvalue weighted by molar-refractivity contribution is 5.99. The lowest BCUT2D eigenvalue weighted by atomic mass is 9.90. The Hall–Kier alpha value is -5.45. The van der Waals surface area contributed by atoms with E-state index in [0.717, 1.165) is 18.9 Å². The van der Waals surface area contributed by atoms with E-state index in [9.17, 15) is 43.9 Å². The van der Waals surface area contributed by atoms with Crippen LogP contribution >= 0.6 is 0 Å². The Balaban J connectivity index is 2.21. The van der Waals surface area contributed by atoms with Gasteiger partial charge >= 0.3 is 17.9 Å². The van der Waals surface area contributed by atoms with E-state index in [4.69, 9.17) is 19.4 Å². The van der Waals surface area contributed by atoms with Crippen molar-refractivity contribution in [1.29, 1.82) is 0 Å². The number of hydrogen-bond donors (Lipinski definition) is 7. The molecule has 0 aliphatic rings. The van der Waals surface area contributed by atoms with Gasteiger partial charge in [0.15, 0.2) is 12.4 Å². The van der Waals surface area contributed by atoms with Crippen molar-refractivity contribution in [1.82, 2.24) is 21.0 Å². The van der Waals surface area contributed by atoms with Crippen LogP contribution in [0.2, 0.25) is 0 Å². The summed E-state index contributed by atoms with van der Waals surface area (Å²) in [4.78, 5) is 83.2. The molecule has 2 aromatic rings. The molecule has 0 saturated carbocycles. The number of unbranched alkanes of at least 4 members (excludes halogenated alkanes) is 2. The van der Waals surface area contributed by atoms with Crippen LogP contribution in [-0.4, -0.2) is 93.0 Å². The molecule has 3 atom stereocenters. The predicted octanol–water partition coefficient (Wildman–Crippen LogP) is 1.69. The fraction of sp³-hybridized carbons (Fsp3) is 0.433. The van der Waals surface area contributed by atoms with Gasteiger partial charge < -0.3 is 40.4 Å². The van der Waals surface area contributed by atoms with Gasteiger partial charge in [-0.25, -0.2) is 14.7 Å². The van der Waals surface area contributed by atoms with Crippen LogP contribution in [0.15, 0.2) is 34.7 Å². The summed E-state index contributed by atoms with van der Waals surface area (Å²) in [5.41, 5.74) is -0.0979. The molecule has 17 nitrogen and oxygen atoms in total. The number of carbonyl (C=O) groups is 7. The lowest BCUT2D eigenvalue weighted by Gasteiger charge is -2.29. The molecule has 0 saturated heterocycles. The summed E-state index contributed by atoms with van der Waals surface area (Å²) < 4.78 is 10.8. The van der Waals surface area contributed by atoms with E-state index in [1.807, 2.05) is 6.92 Å². The van der Waals surface area contributed by atoms with Crippen molar-refractivity contribution in [3.63, 3.8) is 0 Å². The molecule has 7 N–H and O–H groups in total. The third kappa shape index (κ3) is 11.8. The topological polar surface area (TPSA) is 262 Å². The number of carboxylic acids is 3. The number of hydrogen-bond acceptors (Lipinski definition) is 10. The number of amides is 4. The number of furan rings is 1. The molecule has 1 heterocycles. The molecule has 47 heavy (non-hydrogen) atoms. The number of benzene rings is 1.